The molecule has 0 saturated carbocycles. The van der Waals surface area contributed by atoms with E-state index in [4.69, 9.17) is 5.14 Å². The second-order valence-electron chi connectivity index (χ2n) is 5.40. The third-order valence-electron chi connectivity index (χ3n) is 3.46. The van der Waals surface area contributed by atoms with Crippen molar-refractivity contribution in [2.24, 2.45) is 5.14 Å². The molecular weight excluding hydrogens is 378 g/mol. The van der Waals surface area contributed by atoms with Crippen LogP contribution in [-0.2, 0) is 26.6 Å². The quantitative estimate of drug-likeness (QED) is 0.627. The van der Waals surface area contributed by atoms with Gasteiger partial charge in [0.1, 0.15) is 0 Å². The fourth-order valence-corrected chi connectivity index (χ4v) is 3.81. The zero-order valence-corrected chi connectivity index (χ0v) is 15.6. The third-order valence-corrected chi connectivity index (χ3v) is 5.77. The minimum absolute atomic E-state index is 0.0163. The SMILES string of the molecule is CCNC(=O)c1ccc(CNS(=O)(=O)c2cccc(S(N)(=O)=O)c2)cc1. The molecule has 0 fully saturated rings. The molecule has 0 heterocycles. The fourth-order valence-electron chi connectivity index (χ4n) is 2.12. The molecule has 26 heavy (non-hydrogen) atoms. The predicted molar refractivity (Wildman–Crippen MR) is 96.3 cm³/mol. The van der Waals surface area contributed by atoms with Crippen molar-refractivity contribution in [3.05, 3.63) is 59.7 Å². The minimum atomic E-state index is -4.00. The van der Waals surface area contributed by atoms with Crippen molar-refractivity contribution in [3.63, 3.8) is 0 Å². The summed E-state index contributed by atoms with van der Waals surface area (Å²) < 4.78 is 49.8. The lowest BCUT2D eigenvalue weighted by molar-refractivity contribution is 0.0956. The maximum absolute atomic E-state index is 12.3. The lowest BCUT2D eigenvalue weighted by atomic mass is 10.1. The average Bonchev–Trinajstić information content (AvgIpc) is 2.60. The van der Waals surface area contributed by atoms with E-state index in [2.05, 4.69) is 10.0 Å². The number of benzene rings is 2. The first-order chi connectivity index (χ1) is 12.1. The van der Waals surface area contributed by atoms with Crippen molar-refractivity contribution in [2.45, 2.75) is 23.3 Å². The average molecular weight is 397 g/mol. The molecule has 0 unspecified atom stereocenters. The summed E-state index contributed by atoms with van der Waals surface area (Å²) >= 11 is 0. The van der Waals surface area contributed by atoms with E-state index in [-0.39, 0.29) is 22.2 Å². The normalized spacial score (nSPS) is 11.9. The van der Waals surface area contributed by atoms with Crippen molar-refractivity contribution in [1.82, 2.24) is 10.0 Å². The number of nitrogens with one attached hydrogen (secondary N) is 2. The Balaban J connectivity index is 2.12. The van der Waals surface area contributed by atoms with E-state index in [9.17, 15) is 21.6 Å². The van der Waals surface area contributed by atoms with Gasteiger partial charge < -0.3 is 5.32 Å². The molecule has 2 aromatic rings. The number of rotatable bonds is 7. The Kier molecular flexibility index (Phi) is 6.13. The number of carbonyl (C=O) groups is 1. The molecule has 0 aliphatic carbocycles. The number of nitrogens with two attached hydrogens (primary N) is 1. The number of hydrogen-bond acceptors (Lipinski definition) is 5. The van der Waals surface area contributed by atoms with Gasteiger partial charge in [-0.3, -0.25) is 4.79 Å². The van der Waals surface area contributed by atoms with Crippen molar-refractivity contribution >= 4 is 26.0 Å². The second-order valence-corrected chi connectivity index (χ2v) is 8.73. The molecule has 0 atom stereocenters. The maximum Gasteiger partial charge on any atom is 0.251 e. The van der Waals surface area contributed by atoms with Crippen molar-refractivity contribution < 1.29 is 21.6 Å². The monoisotopic (exact) mass is 397 g/mol. The molecule has 0 saturated heterocycles. The summed E-state index contributed by atoms with van der Waals surface area (Å²) in [5.74, 6) is -0.209. The molecule has 0 aliphatic rings. The van der Waals surface area contributed by atoms with Gasteiger partial charge in [-0.15, -0.1) is 0 Å². The summed E-state index contributed by atoms with van der Waals surface area (Å²) in [6, 6.07) is 11.2. The maximum atomic E-state index is 12.3. The van der Waals surface area contributed by atoms with Gasteiger partial charge >= 0.3 is 0 Å². The summed E-state index contributed by atoms with van der Waals surface area (Å²) in [4.78, 5) is 11.2. The smallest absolute Gasteiger partial charge is 0.251 e. The van der Waals surface area contributed by atoms with Crippen molar-refractivity contribution in [2.75, 3.05) is 6.54 Å². The first kappa shape index (κ1) is 20.0. The molecule has 140 valence electrons. The molecule has 0 spiro atoms. The number of sulfonamides is 2. The van der Waals surface area contributed by atoms with Crippen LogP contribution in [-0.4, -0.2) is 29.3 Å². The van der Waals surface area contributed by atoms with Gasteiger partial charge in [0.2, 0.25) is 20.0 Å². The summed E-state index contributed by atoms with van der Waals surface area (Å²) in [5, 5.41) is 7.69. The number of amides is 1. The topological polar surface area (TPSA) is 135 Å². The van der Waals surface area contributed by atoms with E-state index in [1.807, 2.05) is 6.92 Å². The highest BCUT2D eigenvalue weighted by Gasteiger charge is 2.17. The van der Waals surface area contributed by atoms with Gasteiger partial charge in [-0.05, 0) is 42.8 Å². The van der Waals surface area contributed by atoms with Gasteiger partial charge in [-0.25, -0.2) is 26.7 Å². The number of hydrogen-bond donors (Lipinski definition) is 3. The van der Waals surface area contributed by atoms with E-state index in [1.54, 1.807) is 24.3 Å². The van der Waals surface area contributed by atoms with Gasteiger partial charge in [0.15, 0.2) is 0 Å². The molecule has 2 aromatic carbocycles. The van der Waals surface area contributed by atoms with Crippen molar-refractivity contribution in [1.29, 1.82) is 0 Å². The summed E-state index contributed by atoms with van der Waals surface area (Å²) in [5.41, 5.74) is 1.11. The highest BCUT2D eigenvalue weighted by atomic mass is 32.2. The van der Waals surface area contributed by atoms with Crippen LogP contribution in [0, 0.1) is 0 Å². The Morgan fingerprint density at radius 2 is 1.62 bits per heavy atom. The van der Waals surface area contributed by atoms with E-state index < -0.39 is 20.0 Å². The minimum Gasteiger partial charge on any atom is -0.352 e. The molecule has 10 heteroatoms. The zero-order chi connectivity index (χ0) is 19.4. The van der Waals surface area contributed by atoms with Gasteiger partial charge in [0, 0.05) is 18.7 Å². The first-order valence-electron chi connectivity index (χ1n) is 7.63. The van der Waals surface area contributed by atoms with E-state index in [0.29, 0.717) is 17.7 Å². The van der Waals surface area contributed by atoms with Gasteiger partial charge in [-0.1, -0.05) is 18.2 Å². The number of carbonyl (C=O) groups excluding carboxylic acids is 1. The molecular formula is C16H19N3O5S2. The highest BCUT2D eigenvalue weighted by Crippen LogP contribution is 2.15. The zero-order valence-electron chi connectivity index (χ0n) is 14.0. The number of primary sulfonamides is 1. The third kappa shape index (κ3) is 5.11. The van der Waals surface area contributed by atoms with E-state index in [0.717, 1.165) is 6.07 Å². The molecule has 4 N–H and O–H groups in total. The Morgan fingerprint density at radius 3 is 2.19 bits per heavy atom. The summed E-state index contributed by atoms with van der Waals surface area (Å²) in [7, 11) is -7.93. The Labute approximate surface area is 152 Å². The molecule has 0 aliphatic heterocycles. The van der Waals surface area contributed by atoms with Crippen LogP contribution >= 0.6 is 0 Å². The van der Waals surface area contributed by atoms with Crippen LogP contribution in [0.4, 0.5) is 0 Å². The van der Waals surface area contributed by atoms with Gasteiger partial charge in [0.05, 0.1) is 9.79 Å². The lowest BCUT2D eigenvalue weighted by Gasteiger charge is -2.09. The standard InChI is InChI=1S/C16H19N3O5S2/c1-2-18-16(20)13-8-6-12(7-9-13)11-19-26(23,24)15-5-3-4-14(10-15)25(17,21)22/h3-10,19H,2,11H2,1H3,(H,18,20)(H2,17,21,22). The Morgan fingerprint density at radius 1 is 1.00 bits per heavy atom. The molecule has 1 amide bonds. The fraction of sp³-hybridized carbons (Fsp3) is 0.188. The molecule has 8 nitrogen and oxygen atoms in total. The van der Waals surface area contributed by atoms with Crippen LogP contribution in [0.15, 0.2) is 58.3 Å². The van der Waals surface area contributed by atoms with Crippen LogP contribution in [0.2, 0.25) is 0 Å². The Hall–Kier alpha value is -2.27. The van der Waals surface area contributed by atoms with E-state index in [1.165, 1.54) is 18.2 Å². The van der Waals surface area contributed by atoms with Crippen LogP contribution in [0.3, 0.4) is 0 Å². The lowest BCUT2D eigenvalue weighted by Crippen LogP contribution is -2.24. The predicted octanol–water partition coefficient (Wildman–Crippen LogP) is 0.562. The van der Waals surface area contributed by atoms with Crippen LogP contribution in [0.5, 0.6) is 0 Å². The summed E-state index contributed by atoms with van der Waals surface area (Å²) in [6.45, 7) is 2.31. The first-order valence-corrected chi connectivity index (χ1v) is 10.7. The highest BCUT2D eigenvalue weighted by molar-refractivity contribution is 7.90. The Bertz CT molecular complexity index is 1000. The summed E-state index contributed by atoms with van der Waals surface area (Å²) in [6.07, 6.45) is 0. The molecule has 0 aromatic heterocycles. The molecule has 0 radical (unpaired) electrons. The largest absolute Gasteiger partial charge is 0.352 e. The van der Waals surface area contributed by atoms with Crippen LogP contribution in [0.25, 0.3) is 0 Å². The van der Waals surface area contributed by atoms with Crippen molar-refractivity contribution in [3.8, 4) is 0 Å². The van der Waals surface area contributed by atoms with Gasteiger partial charge in [0.25, 0.3) is 5.91 Å². The van der Waals surface area contributed by atoms with Gasteiger partial charge in [-0.2, -0.15) is 0 Å². The molecule has 0 bridgehead atoms. The van der Waals surface area contributed by atoms with Crippen LogP contribution in [0.1, 0.15) is 22.8 Å². The molecule has 2 rings (SSSR count). The van der Waals surface area contributed by atoms with E-state index >= 15 is 0 Å². The van der Waals surface area contributed by atoms with Crippen LogP contribution < -0.4 is 15.2 Å². The second kappa shape index (κ2) is 7.96.